The molecule has 0 atom stereocenters. The Kier molecular flexibility index (Phi) is 6.47. The van der Waals surface area contributed by atoms with Crippen molar-refractivity contribution >= 4 is 6.03 Å². The van der Waals surface area contributed by atoms with Crippen LogP contribution in [0.3, 0.4) is 0 Å². The average molecular weight is 173 g/mol. The van der Waals surface area contributed by atoms with Crippen molar-refractivity contribution in [2.45, 2.75) is 13.8 Å². The van der Waals surface area contributed by atoms with Crippen LogP contribution in [0.5, 0.6) is 0 Å². The molecule has 72 valence electrons. The number of hydrogen-bond acceptors (Lipinski definition) is 2. The van der Waals surface area contributed by atoms with Crippen LogP contribution in [0.2, 0.25) is 0 Å². The summed E-state index contributed by atoms with van der Waals surface area (Å²) in [6.07, 6.45) is 0. The number of hydrogen-bond donors (Lipinski definition) is 2. The third-order valence-corrected chi connectivity index (χ3v) is 1.70. The highest BCUT2D eigenvalue weighted by Crippen LogP contribution is 1.86. The minimum atomic E-state index is 0.0234. The summed E-state index contributed by atoms with van der Waals surface area (Å²) in [5, 5.41) is 5.77. The van der Waals surface area contributed by atoms with Crippen molar-refractivity contribution in [1.82, 2.24) is 15.5 Å². The van der Waals surface area contributed by atoms with Gasteiger partial charge in [-0.05, 0) is 20.9 Å². The Hall–Kier alpha value is -0.770. The molecule has 0 aliphatic carbocycles. The number of nitrogens with zero attached hydrogens (tertiary/aromatic N) is 1. The summed E-state index contributed by atoms with van der Waals surface area (Å²) in [4.78, 5) is 13.0. The number of carbonyl (C=O) groups is 1. The first kappa shape index (κ1) is 11.2. The van der Waals surface area contributed by atoms with Crippen molar-refractivity contribution in [3.8, 4) is 0 Å². The summed E-state index contributed by atoms with van der Waals surface area (Å²) in [6.45, 7) is 6.98. The zero-order valence-corrected chi connectivity index (χ0v) is 8.18. The van der Waals surface area contributed by atoms with Gasteiger partial charge >= 0.3 is 6.03 Å². The molecule has 0 saturated heterocycles. The molecule has 0 unspecified atom stereocenters. The van der Waals surface area contributed by atoms with E-state index in [-0.39, 0.29) is 6.03 Å². The smallest absolute Gasteiger partial charge is 0.317 e. The maximum absolute atomic E-state index is 11.3. The quantitative estimate of drug-likeness (QED) is 0.586. The first-order chi connectivity index (χ1) is 5.76. The first-order valence-corrected chi connectivity index (χ1v) is 4.43. The van der Waals surface area contributed by atoms with Gasteiger partial charge in [-0.2, -0.15) is 0 Å². The maximum atomic E-state index is 11.3. The van der Waals surface area contributed by atoms with E-state index in [9.17, 15) is 4.79 Å². The molecule has 0 bridgehead atoms. The normalized spacial score (nSPS) is 9.58. The van der Waals surface area contributed by atoms with Gasteiger partial charge in [0.25, 0.3) is 0 Å². The Labute approximate surface area is 74.3 Å². The van der Waals surface area contributed by atoms with Gasteiger partial charge in [0, 0.05) is 26.2 Å². The van der Waals surface area contributed by atoms with E-state index in [1.807, 2.05) is 20.9 Å². The molecule has 0 spiro atoms. The van der Waals surface area contributed by atoms with Gasteiger partial charge in [0.05, 0.1) is 0 Å². The van der Waals surface area contributed by atoms with E-state index in [0.717, 1.165) is 19.6 Å². The molecule has 2 amide bonds. The lowest BCUT2D eigenvalue weighted by Crippen LogP contribution is -2.41. The summed E-state index contributed by atoms with van der Waals surface area (Å²) in [6, 6.07) is 0.0234. The fraction of sp³-hybridized carbons (Fsp3) is 0.875. The third-order valence-electron chi connectivity index (χ3n) is 1.70. The molecule has 0 fully saturated rings. The van der Waals surface area contributed by atoms with Crippen molar-refractivity contribution < 1.29 is 4.79 Å². The number of rotatable bonds is 5. The molecule has 0 saturated carbocycles. The molecular formula is C8H19N3O. The van der Waals surface area contributed by atoms with E-state index in [0.29, 0.717) is 6.54 Å². The van der Waals surface area contributed by atoms with Crippen molar-refractivity contribution in [3.63, 3.8) is 0 Å². The Morgan fingerprint density at radius 2 is 1.83 bits per heavy atom. The summed E-state index contributed by atoms with van der Waals surface area (Å²) < 4.78 is 0. The number of nitrogens with one attached hydrogen (secondary N) is 2. The zero-order chi connectivity index (χ0) is 9.40. The van der Waals surface area contributed by atoms with Crippen molar-refractivity contribution in [2.75, 3.05) is 33.2 Å². The Balaban J connectivity index is 3.54. The largest absolute Gasteiger partial charge is 0.337 e. The van der Waals surface area contributed by atoms with Crippen molar-refractivity contribution in [2.24, 2.45) is 0 Å². The topological polar surface area (TPSA) is 44.4 Å². The van der Waals surface area contributed by atoms with Gasteiger partial charge in [-0.3, -0.25) is 0 Å². The van der Waals surface area contributed by atoms with E-state index >= 15 is 0 Å². The molecule has 12 heavy (non-hydrogen) atoms. The molecule has 0 radical (unpaired) electrons. The molecule has 0 aromatic carbocycles. The van der Waals surface area contributed by atoms with Gasteiger partial charge in [0.2, 0.25) is 0 Å². The minimum Gasteiger partial charge on any atom is -0.337 e. The molecule has 0 heterocycles. The fourth-order valence-corrected chi connectivity index (χ4v) is 0.917. The second-order valence-electron chi connectivity index (χ2n) is 2.51. The fourth-order valence-electron chi connectivity index (χ4n) is 0.917. The van der Waals surface area contributed by atoms with E-state index in [4.69, 9.17) is 0 Å². The van der Waals surface area contributed by atoms with Crippen LogP contribution in [0.1, 0.15) is 13.8 Å². The standard InChI is InChI=1S/C8H19N3O/c1-4-11(5-2)8(12)10-7-6-9-3/h9H,4-7H2,1-3H3,(H,10,12). The van der Waals surface area contributed by atoms with Gasteiger partial charge in [0.15, 0.2) is 0 Å². The first-order valence-electron chi connectivity index (χ1n) is 4.43. The molecule has 0 aliphatic heterocycles. The lowest BCUT2D eigenvalue weighted by molar-refractivity contribution is 0.203. The molecule has 0 rings (SSSR count). The van der Waals surface area contributed by atoms with Crippen LogP contribution in [0.15, 0.2) is 0 Å². The van der Waals surface area contributed by atoms with Gasteiger partial charge in [-0.15, -0.1) is 0 Å². The number of carbonyl (C=O) groups excluding carboxylic acids is 1. The number of urea groups is 1. The van der Waals surface area contributed by atoms with Crippen LogP contribution in [0, 0.1) is 0 Å². The SMILES string of the molecule is CCN(CC)C(=O)NCCNC. The summed E-state index contributed by atoms with van der Waals surface area (Å²) in [5.74, 6) is 0. The van der Waals surface area contributed by atoms with E-state index in [1.54, 1.807) is 4.90 Å². The van der Waals surface area contributed by atoms with Crippen molar-refractivity contribution in [3.05, 3.63) is 0 Å². The molecule has 0 aliphatic rings. The van der Waals surface area contributed by atoms with Gasteiger partial charge in [0.1, 0.15) is 0 Å². The molecule has 4 heteroatoms. The van der Waals surface area contributed by atoms with Crippen LogP contribution in [-0.2, 0) is 0 Å². The van der Waals surface area contributed by atoms with Gasteiger partial charge < -0.3 is 15.5 Å². The van der Waals surface area contributed by atoms with Crippen molar-refractivity contribution in [1.29, 1.82) is 0 Å². The maximum Gasteiger partial charge on any atom is 0.317 e. The zero-order valence-electron chi connectivity index (χ0n) is 8.18. The number of amides is 2. The van der Waals surface area contributed by atoms with Crippen LogP contribution < -0.4 is 10.6 Å². The molecule has 2 N–H and O–H groups in total. The summed E-state index contributed by atoms with van der Waals surface area (Å²) >= 11 is 0. The Bertz CT molecular complexity index is 123. The van der Waals surface area contributed by atoms with Crippen LogP contribution in [0.25, 0.3) is 0 Å². The van der Waals surface area contributed by atoms with E-state index < -0.39 is 0 Å². The van der Waals surface area contributed by atoms with E-state index in [2.05, 4.69) is 10.6 Å². The number of likely N-dealkylation sites (N-methyl/N-ethyl adjacent to an activating group) is 1. The second-order valence-corrected chi connectivity index (χ2v) is 2.51. The predicted molar refractivity (Wildman–Crippen MR) is 50.2 cm³/mol. The Morgan fingerprint density at radius 3 is 2.25 bits per heavy atom. The molecule has 0 aromatic heterocycles. The lowest BCUT2D eigenvalue weighted by atomic mass is 10.5. The lowest BCUT2D eigenvalue weighted by Gasteiger charge is -2.18. The minimum absolute atomic E-state index is 0.0234. The van der Waals surface area contributed by atoms with Gasteiger partial charge in [-0.1, -0.05) is 0 Å². The van der Waals surface area contributed by atoms with E-state index in [1.165, 1.54) is 0 Å². The monoisotopic (exact) mass is 173 g/mol. The van der Waals surface area contributed by atoms with Crippen LogP contribution in [0.4, 0.5) is 4.79 Å². The predicted octanol–water partition coefficient (Wildman–Crippen LogP) is 0.257. The second kappa shape index (κ2) is 6.91. The highest BCUT2D eigenvalue weighted by Gasteiger charge is 2.06. The molecule has 0 aromatic rings. The highest BCUT2D eigenvalue weighted by molar-refractivity contribution is 5.73. The van der Waals surface area contributed by atoms with Crippen LogP contribution in [-0.4, -0.2) is 44.2 Å². The Morgan fingerprint density at radius 1 is 1.25 bits per heavy atom. The summed E-state index contributed by atoms with van der Waals surface area (Å²) in [7, 11) is 1.86. The third kappa shape index (κ3) is 4.18. The highest BCUT2D eigenvalue weighted by atomic mass is 16.2. The average Bonchev–Trinajstić information content (AvgIpc) is 2.07. The molecular weight excluding hydrogens is 154 g/mol. The van der Waals surface area contributed by atoms with Gasteiger partial charge in [-0.25, -0.2) is 4.79 Å². The molecule has 4 nitrogen and oxygen atoms in total. The van der Waals surface area contributed by atoms with Crippen LogP contribution >= 0.6 is 0 Å². The summed E-state index contributed by atoms with van der Waals surface area (Å²) in [5.41, 5.74) is 0.